The lowest BCUT2D eigenvalue weighted by Crippen LogP contribution is -2.17. The molecule has 0 radical (unpaired) electrons. The first kappa shape index (κ1) is 24.8. The molecule has 0 aliphatic rings. The van der Waals surface area contributed by atoms with Gasteiger partial charge in [0.15, 0.2) is 11.5 Å². The Morgan fingerprint density at radius 1 is 1.06 bits per heavy atom. The van der Waals surface area contributed by atoms with Gasteiger partial charge in [-0.25, -0.2) is 5.43 Å². The number of nitriles is 1. The molecule has 4 aromatic rings. The molecular weight excluding hydrogens is 522 g/mol. The Morgan fingerprint density at radius 2 is 1.75 bits per heavy atom. The van der Waals surface area contributed by atoms with Gasteiger partial charge in [0.05, 0.1) is 30.0 Å². The number of hydrazone groups is 1. The maximum absolute atomic E-state index is 12.6. The third kappa shape index (κ3) is 5.65. The number of benzene rings is 4. The largest absolute Gasteiger partial charge is 0.507 e. The highest BCUT2D eigenvalue weighted by atomic mass is 79.9. The van der Waals surface area contributed by atoms with E-state index in [1.165, 1.54) is 6.21 Å². The summed E-state index contributed by atoms with van der Waals surface area (Å²) < 4.78 is 12.4. The highest BCUT2D eigenvalue weighted by molar-refractivity contribution is 9.10. The minimum absolute atomic E-state index is 0.124. The van der Waals surface area contributed by atoms with Crippen LogP contribution in [0.4, 0.5) is 0 Å². The van der Waals surface area contributed by atoms with Crippen molar-refractivity contribution in [2.24, 2.45) is 5.10 Å². The number of halogens is 1. The average Bonchev–Trinajstić information content (AvgIpc) is 2.89. The Balaban J connectivity index is 1.50. The van der Waals surface area contributed by atoms with Crippen molar-refractivity contribution in [2.45, 2.75) is 13.5 Å². The van der Waals surface area contributed by atoms with Crippen molar-refractivity contribution in [3.63, 3.8) is 0 Å². The van der Waals surface area contributed by atoms with E-state index in [0.29, 0.717) is 33.7 Å². The van der Waals surface area contributed by atoms with E-state index in [0.717, 1.165) is 16.3 Å². The summed E-state index contributed by atoms with van der Waals surface area (Å²) in [6.45, 7) is 2.48. The van der Waals surface area contributed by atoms with E-state index in [4.69, 9.17) is 9.47 Å². The molecule has 0 spiro atoms. The van der Waals surface area contributed by atoms with Crippen molar-refractivity contribution < 1.29 is 19.4 Å². The molecule has 0 heterocycles. The maximum atomic E-state index is 12.6. The Bertz CT molecular complexity index is 1490. The van der Waals surface area contributed by atoms with Crippen LogP contribution in [0.5, 0.6) is 17.2 Å². The number of hydrogen-bond donors (Lipinski definition) is 2. The molecular formula is C28H22BrN3O4. The van der Waals surface area contributed by atoms with Gasteiger partial charge in [-0.05, 0) is 64.0 Å². The molecule has 1 amide bonds. The number of phenols is 1. The van der Waals surface area contributed by atoms with Crippen molar-refractivity contribution in [3.05, 3.63) is 99.5 Å². The highest BCUT2D eigenvalue weighted by Gasteiger charge is 2.14. The number of amides is 1. The fourth-order valence-electron chi connectivity index (χ4n) is 3.57. The number of aromatic hydroxyl groups is 1. The molecule has 0 saturated heterocycles. The lowest BCUT2D eigenvalue weighted by molar-refractivity contribution is 0.0952. The van der Waals surface area contributed by atoms with E-state index in [9.17, 15) is 15.2 Å². The van der Waals surface area contributed by atoms with Gasteiger partial charge in [-0.2, -0.15) is 10.4 Å². The van der Waals surface area contributed by atoms with Gasteiger partial charge >= 0.3 is 0 Å². The van der Waals surface area contributed by atoms with Gasteiger partial charge in [0, 0.05) is 15.6 Å². The van der Waals surface area contributed by atoms with Crippen LogP contribution in [0.3, 0.4) is 0 Å². The summed E-state index contributed by atoms with van der Waals surface area (Å²) >= 11 is 3.51. The molecule has 36 heavy (non-hydrogen) atoms. The number of nitrogens with zero attached hydrogens (tertiary/aromatic N) is 2. The predicted molar refractivity (Wildman–Crippen MR) is 141 cm³/mol. The topological polar surface area (TPSA) is 104 Å². The number of rotatable bonds is 8. The summed E-state index contributed by atoms with van der Waals surface area (Å²) in [6.07, 6.45) is 1.47. The monoisotopic (exact) mass is 543 g/mol. The zero-order valence-corrected chi connectivity index (χ0v) is 21.0. The lowest BCUT2D eigenvalue weighted by atomic mass is 10.1. The number of nitrogens with one attached hydrogen (secondary N) is 1. The zero-order valence-electron chi connectivity index (χ0n) is 19.4. The molecule has 180 valence electrons. The first-order valence-corrected chi connectivity index (χ1v) is 11.9. The Kier molecular flexibility index (Phi) is 7.83. The van der Waals surface area contributed by atoms with Gasteiger partial charge in [0.2, 0.25) is 0 Å². The van der Waals surface area contributed by atoms with E-state index in [2.05, 4.69) is 32.5 Å². The van der Waals surface area contributed by atoms with Gasteiger partial charge in [-0.15, -0.1) is 0 Å². The van der Waals surface area contributed by atoms with Crippen molar-refractivity contribution in [3.8, 4) is 23.3 Å². The number of ether oxygens (including phenoxy) is 2. The van der Waals surface area contributed by atoms with Gasteiger partial charge < -0.3 is 14.6 Å². The lowest BCUT2D eigenvalue weighted by Gasteiger charge is -2.14. The summed E-state index contributed by atoms with van der Waals surface area (Å²) in [5.74, 6) is 0.335. The quantitative estimate of drug-likeness (QED) is 0.212. The van der Waals surface area contributed by atoms with Crippen LogP contribution in [-0.2, 0) is 6.61 Å². The minimum atomic E-state index is -0.535. The number of fused-ring (bicyclic) bond motifs is 1. The van der Waals surface area contributed by atoms with Gasteiger partial charge in [-0.1, -0.05) is 42.5 Å². The van der Waals surface area contributed by atoms with E-state index in [1.807, 2.05) is 43.3 Å². The molecule has 0 fully saturated rings. The zero-order chi connectivity index (χ0) is 25.5. The summed E-state index contributed by atoms with van der Waals surface area (Å²) in [5, 5.41) is 25.3. The number of carbonyl (C=O) groups is 1. The minimum Gasteiger partial charge on any atom is -0.507 e. The highest BCUT2D eigenvalue weighted by Crippen LogP contribution is 2.34. The predicted octanol–water partition coefficient (Wildman–Crippen LogP) is 5.92. The first-order valence-electron chi connectivity index (χ1n) is 11.1. The van der Waals surface area contributed by atoms with Gasteiger partial charge in [0.1, 0.15) is 12.4 Å². The second kappa shape index (κ2) is 11.4. The third-order valence-electron chi connectivity index (χ3n) is 5.36. The van der Waals surface area contributed by atoms with Gasteiger partial charge in [-0.3, -0.25) is 4.79 Å². The molecule has 0 aliphatic carbocycles. The Hall–Kier alpha value is -4.35. The molecule has 4 rings (SSSR count). The van der Waals surface area contributed by atoms with Gasteiger partial charge in [0.25, 0.3) is 5.91 Å². The molecule has 8 heteroatoms. The van der Waals surface area contributed by atoms with Crippen LogP contribution >= 0.6 is 15.9 Å². The molecule has 0 unspecified atom stereocenters. The van der Waals surface area contributed by atoms with E-state index < -0.39 is 5.91 Å². The second-order valence-corrected chi connectivity index (χ2v) is 8.58. The average molecular weight is 544 g/mol. The molecule has 2 N–H and O–H groups in total. The molecule has 0 aliphatic heterocycles. The van der Waals surface area contributed by atoms with Crippen LogP contribution in [0.15, 0.2) is 82.4 Å². The Labute approximate surface area is 216 Å². The Morgan fingerprint density at radius 3 is 2.50 bits per heavy atom. The van der Waals surface area contributed by atoms with Crippen molar-refractivity contribution >= 4 is 38.8 Å². The second-order valence-electron chi connectivity index (χ2n) is 7.73. The van der Waals surface area contributed by atoms with Crippen LogP contribution in [0, 0.1) is 11.3 Å². The molecule has 7 nitrogen and oxygen atoms in total. The normalized spacial score (nSPS) is 10.8. The van der Waals surface area contributed by atoms with E-state index in [1.54, 1.807) is 36.4 Å². The maximum Gasteiger partial charge on any atom is 0.275 e. The number of phenolic OH excluding ortho intramolecular Hbond substituents is 1. The first-order chi connectivity index (χ1) is 17.5. The van der Waals surface area contributed by atoms with Crippen LogP contribution in [0.2, 0.25) is 0 Å². The van der Waals surface area contributed by atoms with Crippen LogP contribution in [-0.4, -0.2) is 23.8 Å². The summed E-state index contributed by atoms with van der Waals surface area (Å²) in [7, 11) is 0. The van der Waals surface area contributed by atoms with Crippen molar-refractivity contribution in [2.75, 3.05) is 6.61 Å². The smallest absolute Gasteiger partial charge is 0.275 e. The standard InChI is InChI=1S/C28H22BrN3O4/c1-2-35-26-13-22(24(29)14-27(26)36-17-21-10-6-5-9-20(21)15-30)16-31-32-28(34)23-11-18-7-3-4-8-19(18)12-25(23)33/h3-14,16,33H,2,17H2,1H3,(H,32,34). The molecule has 0 aromatic heterocycles. The van der Waals surface area contributed by atoms with Crippen molar-refractivity contribution in [1.29, 1.82) is 5.26 Å². The van der Waals surface area contributed by atoms with Crippen molar-refractivity contribution in [1.82, 2.24) is 5.43 Å². The van der Waals surface area contributed by atoms with E-state index in [-0.39, 0.29) is 17.9 Å². The van der Waals surface area contributed by atoms with E-state index >= 15 is 0 Å². The van der Waals surface area contributed by atoms with Crippen LogP contribution in [0.25, 0.3) is 10.8 Å². The number of hydrogen-bond acceptors (Lipinski definition) is 6. The third-order valence-corrected chi connectivity index (χ3v) is 6.05. The summed E-state index contributed by atoms with van der Waals surface area (Å²) in [6, 6.07) is 23.5. The summed E-state index contributed by atoms with van der Waals surface area (Å²) in [4.78, 5) is 12.6. The summed E-state index contributed by atoms with van der Waals surface area (Å²) in [5.41, 5.74) is 4.54. The molecule has 0 atom stereocenters. The molecule has 0 saturated carbocycles. The fourth-order valence-corrected chi connectivity index (χ4v) is 4.00. The molecule has 0 bridgehead atoms. The van der Waals surface area contributed by atoms with Crippen LogP contribution < -0.4 is 14.9 Å². The molecule has 4 aromatic carbocycles. The van der Waals surface area contributed by atoms with Crippen LogP contribution in [0.1, 0.15) is 34.0 Å². The number of carbonyl (C=O) groups excluding carboxylic acids is 1. The fraction of sp³-hybridized carbons (Fsp3) is 0.107. The SMILES string of the molecule is CCOc1cc(C=NNC(=O)c2cc3ccccc3cc2O)c(Br)cc1OCc1ccccc1C#N.